The second kappa shape index (κ2) is 9.40. The second-order valence-electron chi connectivity index (χ2n) is 8.32. The molecule has 1 aromatic heterocycles. The number of hydrogen-bond acceptors (Lipinski definition) is 5. The number of benzene rings is 2. The van der Waals surface area contributed by atoms with Crippen LogP contribution >= 0.6 is 0 Å². The Kier molecular flexibility index (Phi) is 6.84. The van der Waals surface area contributed by atoms with Gasteiger partial charge in [-0.25, -0.2) is 13.8 Å². The van der Waals surface area contributed by atoms with Crippen molar-refractivity contribution in [1.29, 1.82) is 0 Å². The van der Waals surface area contributed by atoms with Crippen LogP contribution in [0.25, 0.3) is 10.9 Å². The lowest BCUT2D eigenvalue weighted by Gasteiger charge is -2.21. The van der Waals surface area contributed by atoms with Gasteiger partial charge in [-0.1, -0.05) is 0 Å². The number of halogens is 1. The molecule has 0 aliphatic rings. The van der Waals surface area contributed by atoms with Crippen LogP contribution in [0, 0.1) is 5.82 Å². The van der Waals surface area contributed by atoms with Gasteiger partial charge >= 0.3 is 6.09 Å². The predicted molar refractivity (Wildman–Crippen MR) is 120 cm³/mol. The number of ether oxygens (including phenoxy) is 3. The molecule has 0 saturated heterocycles. The number of carbonyl (C=O) groups excluding carboxylic acids is 2. The number of rotatable bonds is 6. The summed E-state index contributed by atoms with van der Waals surface area (Å²) in [5.41, 5.74) is 0.918. The number of amides is 1. The molecule has 0 atom stereocenters. The molecule has 0 aliphatic heterocycles. The van der Waals surface area contributed by atoms with Crippen LogP contribution in [0.5, 0.6) is 5.75 Å². The first kappa shape index (κ1) is 23.3. The van der Waals surface area contributed by atoms with E-state index in [1.165, 1.54) is 28.7 Å². The van der Waals surface area contributed by atoms with Crippen molar-refractivity contribution >= 4 is 28.6 Å². The van der Waals surface area contributed by atoms with Crippen molar-refractivity contribution in [3.8, 4) is 5.75 Å². The Bertz CT molecular complexity index is 1120. The monoisotopic (exact) mass is 442 g/mol. The highest BCUT2D eigenvalue weighted by molar-refractivity contribution is 5.93. The van der Waals surface area contributed by atoms with Crippen LogP contribution in [0.15, 0.2) is 48.5 Å². The molecule has 0 saturated carbocycles. The third-order valence-corrected chi connectivity index (χ3v) is 4.67. The molecule has 0 unspecified atom stereocenters. The zero-order valence-corrected chi connectivity index (χ0v) is 18.8. The van der Waals surface area contributed by atoms with Crippen LogP contribution in [0.3, 0.4) is 0 Å². The number of fused-ring (bicyclic) bond motifs is 1. The Balaban J connectivity index is 1.82. The Morgan fingerprint density at radius 1 is 1.06 bits per heavy atom. The van der Waals surface area contributed by atoms with E-state index in [2.05, 4.69) is 0 Å². The molecule has 3 rings (SSSR count). The van der Waals surface area contributed by atoms with Crippen LogP contribution in [0.1, 0.15) is 26.5 Å². The third-order valence-electron chi connectivity index (χ3n) is 4.67. The summed E-state index contributed by atoms with van der Waals surface area (Å²) in [6.45, 7) is 5.35. The Morgan fingerprint density at radius 3 is 2.38 bits per heavy atom. The highest BCUT2D eigenvalue weighted by Crippen LogP contribution is 2.25. The van der Waals surface area contributed by atoms with E-state index in [1.54, 1.807) is 64.2 Å². The molecule has 170 valence electrons. The molecule has 1 heterocycles. The van der Waals surface area contributed by atoms with Crippen LogP contribution in [0.2, 0.25) is 0 Å². The zero-order valence-electron chi connectivity index (χ0n) is 18.8. The highest BCUT2D eigenvalue weighted by Gasteiger charge is 2.23. The maximum atomic E-state index is 13.9. The van der Waals surface area contributed by atoms with E-state index in [9.17, 15) is 14.0 Å². The minimum absolute atomic E-state index is 0.00937. The molecule has 2 aromatic carbocycles. The number of anilines is 1. The van der Waals surface area contributed by atoms with Crippen molar-refractivity contribution in [2.75, 3.05) is 25.7 Å². The summed E-state index contributed by atoms with van der Waals surface area (Å²) in [6, 6.07) is 13.0. The first-order valence-electron chi connectivity index (χ1n) is 10.1. The maximum Gasteiger partial charge on any atom is 0.419 e. The van der Waals surface area contributed by atoms with Gasteiger partial charge in [0.05, 0.1) is 11.2 Å². The van der Waals surface area contributed by atoms with Crippen LogP contribution < -0.4 is 9.64 Å². The van der Waals surface area contributed by atoms with Crippen molar-refractivity contribution < 1.29 is 28.2 Å². The van der Waals surface area contributed by atoms with Crippen LogP contribution in [-0.2, 0) is 20.9 Å². The summed E-state index contributed by atoms with van der Waals surface area (Å²) in [5.74, 6) is -0.0700. The van der Waals surface area contributed by atoms with Crippen molar-refractivity contribution in [3.05, 3.63) is 60.0 Å². The fourth-order valence-electron chi connectivity index (χ4n) is 3.15. The van der Waals surface area contributed by atoms with Crippen molar-refractivity contribution in [2.45, 2.75) is 33.0 Å². The van der Waals surface area contributed by atoms with E-state index in [0.29, 0.717) is 28.0 Å². The van der Waals surface area contributed by atoms with Crippen LogP contribution in [0.4, 0.5) is 14.9 Å². The molecule has 0 fully saturated rings. The number of aromatic nitrogens is 1. The van der Waals surface area contributed by atoms with Crippen molar-refractivity contribution in [2.24, 2.45) is 0 Å². The molecule has 0 spiro atoms. The Morgan fingerprint density at radius 2 is 1.75 bits per heavy atom. The predicted octanol–water partition coefficient (Wildman–Crippen LogP) is 4.75. The van der Waals surface area contributed by atoms with Gasteiger partial charge in [-0.3, -0.25) is 4.79 Å². The molecule has 3 aromatic rings. The van der Waals surface area contributed by atoms with Gasteiger partial charge in [-0.15, -0.1) is 0 Å². The molecule has 0 bridgehead atoms. The van der Waals surface area contributed by atoms with Gasteiger partial charge in [0, 0.05) is 25.2 Å². The molecule has 0 radical (unpaired) electrons. The van der Waals surface area contributed by atoms with E-state index >= 15 is 0 Å². The van der Waals surface area contributed by atoms with E-state index < -0.39 is 17.5 Å². The summed E-state index contributed by atoms with van der Waals surface area (Å²) in [7, 11) is 3.13. The summed E-state index contributed by atoms with van der Waals surface area (Å²) < 4.78 is 31.4. The van der Waals surface area contributed by atoms with Gasteiger partial charge in [-0.2, -0.15) is 0 Å². The van der Waals surface area contributed by atoms with Gasteiger partial charge in [0.1, 0.15) is 30.4 Å². The number of hydrogen-bond donors (Lipinski definition) is 0. The average molecular weight is 442 g/mol. The lowest BCUT2D eigenvalue weighted by atomic mass is 10.2. The second-order valence-corrected chi connectivity index (χ2v) is 8.32. The molecule has 7 nitrogen and oxygen atoms in total. The highest BCUT2D eigenvalue weighted by atomic mass is 19.1. The normalized spacial score (nSPS) is 11.4. The summed E-state index contributed by atoms with van der Waals surface area (Å²) in [5, 5.41) is 0.699. The first-order chi connectivity index (χ1) is 15.1. The fraction of sp³-hybridized carbons (Fsp3) is 0.333. The number of nitrogens with zero attached hydrogens (tertiary/aromatic N) is 2. The van der Waals surface area contributed by atoms with Gasteiger partial charge in [0.25, 0.3) is 5.91 Å². The zero-order chi connectivity index (χ0) is 23.5. The number of carbonyl (C=O) groups is 2. The molecule has 8 heteroatoms. The molecule has 0 N–H and O–H groups in total. The average Bonchev–Trinajstić information content (AvgIpc) is 3.08. The molecule has 1 amide bonds. The van der Waals surface area contributed by atoms with Crippen LogP contribution in [-0.4, -0.2) is 42.9 Å². The van der Waals surface area contributed by atoms with Gasteiger partial charge < -0.3 is 19.1 Å². The van der Waals surface area contributed by atoms with Gasteiger partial charge in [0.15, 0.2) is 0 Å². The topological polar surface area (TPSA) is 70.0 Å². The van der Waals surface area contributed by atoms with E-state index in [-0.39, 0.29) is 19.1 Å². The van der Waals surface area contributed by atoms with Gasteiger partial charge in [-0.05, 0) is 69.3 Å². The Labute approximate surface area is 186 Å². The minimum atomic E-state index is -0.707. The minimum Gasteiger partial charge on any atom is -0.487 e. The summed E-state index contributed by atoms with van der Waals surface area (Å²) >= 11 is 0. The fourth-order valence-corrected chi connectivity index (χ4v) is 3.15. The van der Waals surface area contributed by atoms with Crippen molar-refractivity contribution in [1.82, 2.24) is 4.57 Å². The van der Waals surface area contributed by atoms with E-state index in [4.69, 9.17) is 14.2 Å². The largest absolute Gasteiger partial charge is 0.487 e. The lowest BCUT2D eigenvalue weighted by Crippen LogP contribution is -2.29. The Hall–Kier alpha value is -3.39. The van der Waals surface area contributed by atoms with Gasteiger partial charge in [0.2, 0.25) is 0 Å². The summed E-state index contributed by atoms with van der Waals surface area (Å²) in [6.07, 6.45) is -0.606. The standard InChI is InChI=1S/C24H27FN2O5/c1-24(2,3)32-23(29)27-19(12-16-6-7-17(25)13-21(16)27)14-31-20-10-8-18(9-11-20)26(4)22(28)15-30-5/h6-13H,14-15H2,1-5H3. The van der Waals surface area contributed by atoms with E-state index in [0.717, 1.165) is 0 Å². The maximum absolute atomic E-state index is 13.9. The molecule has 0 aliphatic carbocycles. The third kappa shape index (κ3) is 5.45. The van der Waals surface area contributed by atoms with Crippen molar-refractivity contribution in [3.63, 3.8) is 0 Å². The smallest absolute Gasteiger partial charge is 0.419 e. The first-order valence-corrected chi connectivity index (χ1v) is 10.1. The molecular formula is C24H27FN2O5. The SMILES string of the molecule is COCC(=O)N(C)c1ccc(OCc2cc3ccc(F)cc3n2C(=O)OC(C)(C)C)cc1. The number of likely N-dealkylation sites (N-methyl/N-ethyl adjacent to an activating group) is 1. The molecule has 32 heavy (non-hydrogen) atoms. The number of methoxy groups -OCH3 is 1. The van der Waals surface area contributed by atoms with E-state index in [1.807, 2.05) is 0 Å². The molecular weight excluding hydrogens is 415 g/mol. The summed E-state index contributed by atoms with van der Waals surface area (Å²) in [4.78, 5) is 26.3. The lowest BCUT2D eigenvalue weighted by molar-refractivity contribution is -0.121. The quantitative estimate of drug-likeness (QED) is 0.551.